The van der Waals surface area contributed by atoms with Crippen LogP contribution in [0.4, 0.5) is 8.78 Å². The summed E-state index contributed by atoms with van der Waals surface area (Å²) in [6, 6.07) is 9.20. The predicted molar refractivity (Wildman–Crippen MR) is 80.2 cm³/mol. The average molecular weight is 314 g/mol. The first-order chi connectivity index (χ1) is 9.49. The van der Waals surface area contributed by atoms with Gasteiger partial charge >= 0.3 is 0 Å². The highest BCUT2D eigenvalue weighted by atomic mass is 35.5. The third kappa shape index (κ3) is 3.51. The zero-order valence-corrected chi connectivity index (χ0v) is 12.4. The van der Waals surface area contributed by atoms with Gasteiger partial charge in [0.2, 0.25) is 0 Å². The molecule has 2 aromatic carbocycles. The predicted octanol–water partition coefficient (Wildman–Crippen LogP) is 4.72. The van der Waals surface area contributed by atoms with Gasteiger partial charge in [-0.05, 0) is 42.8 Å². The Hall–Kier alpha value is -1.10. The molecule has 0 aromatic heterocycles. The molecule has 0 radical (unpaired) electrons. The van der Waals surface area contributed by atoms with Gasteiger partial charge in [0, 0.05) is 27.3 Å². The molecular weight excluding hydrogens is 300 g/mol. The number of aryl methyl sites for hydroxylation is 1. The normalized spacial score (nSPS) is 12.4. The van der Waals surface area contributed by atoms with Crippen molar-refractivity contribution in [2.75, 3.05) is 5.75 Å². The van der Waals surface area contributed by atoms with Crippen LogP contribution in [0.3, 0.4) is 0 Å². The van der Waals surface area contributed by atoms with Gasteiger partial charge in [-0.15, -0.1) is 11.8 Å². The van der Waals surface area contributed by atoms with Crippen molar-refractivity contribution in [1.82, 2.24) is 0 Å². The lowest BCUT2D eigenvalue weighted by molar-refractivity contribution is 0.533. The summed E-state index contributed by atoms with van der Waals surface area (Å²) in [4.78, 5) is 0.957. The maximum atomic E-state index is 13.9. The van der Waals surface area contributed by atoms with E-state index in [9.17, 15) is 8.78 Å². The van der Waals surface area contributed by atoms with E-state index in [2.05, 4.69) is 0 Å². The number of rotatable bonds is 4. The van der Waals surface area contributed by atoms with Crippen LogP contribution in [0.25, 0.3) is 0 Å². The van der Waals surface area contributed by atoms with Crippen molar-refractivity contribution >= 4 is 23.4 Å². The first kappa shape index (κ1) is 15.3. The molecule has 5 heteroatoms. The average Bonchev–Trinajstić information content (AvgIpc) is 2.43. The van der Waals surface area contributed by atoms with Gasteiger partial charge in [0.25, 0.3) is 0 Å². The van der Waals surface area contributed by atoms with Crippen LogP contribution in [-0.4, -0.2) is 5.75 Å². The molecule has 2 aromatic rings. The fourth-order valence-electron chi connectivity index (χ4n) is 1.82. The fraction of sp³-hybridized carbons (Fsp3) is 0.200. The van der Waals surface area contributed by atoms with E-state index in [0.717, 1.165) is 4.90 Å². The second-order valence-corrected chi connectivity index (χ2v) is 5.99. The van der Waals surface area contributed by atoms with Crippen LogP contribution in [0.1, 0.15) is 17.2 Å². The topological polar surface area (TPSA) is 26.0 Å². The third-order valence-electron chi connectivity index (χ3n) is 2.93. The van der Waals surface area contributed by atoms with E-state index in [1.165, 1.54) is 23.9 Å². The molecule has 0 spiro atoms. The molecule has 0 aliphatic carbocycles. The molecule has 0 saturated heterocycles. The van der Waals surface area contributed by atoms with Gasteiger partial charge in [0.05, 0.1) is 0 Å². The zero-order valence-electron chi connectivity index (χ0n) is 10.9. The van der Waals surface area contributed by atoms with Gasteiger partial charge in [0.1, 0.15) is 11.6 Å². The molecule has 106 valence electrons. The van der Waals surface area contributed by atoms with Crippen LogP contribution in [-0.2, 0) is 0 Å². The van der Waals surface area contributed by atoms with Crippen molar-refractivity contribution in [3.8, 4) is 0 Å². The minimum atomic E-state index is -0.699. The van der Waals surface area contributed by atoms with Crippen LogP contribution < -0.4 is 5.73 Å². The number of hydrogen-bond acceptors (Lipinski definition) is 2. The van der Waals surface area contributed by atoms with E-state index in [1.54, 1.807) is 19.1 Å². The van der Waals surface area contributed by atoms with Crippen LogP contribution in [0.5, 0.6) is 0 Å². The Morgan fingerprint density at radius 2 is 1.80 bits per heavy atom. The van der Waals surface area contributed by atoms with Gasteiger partial charge < -0.3 is 5.73 Å². The highest BCUT2D eigenvalue weighted by Gasteiger charge is 2.18. The minimum Gasteiger partial charge on any atom is -0.323 e. The number of thioether (sulfide) groups is 1. The minimum absolute atomic E-state index is 0.0496. The van der Waals surface area contributed by atoms with Gasteiger partial charge in [-0.2, -0.15) is 0 Å². The maximum Gasteiger partial charge on any atom is 0.133 e. The Morgan fingerprint density at radius 1 is 1.15 bits per heavy atom. The van der Waals surface area contributed by atoms with Gasteiger partial charge in [-0.25, -0.2) is 8.78 Å². The lowest BCUT2D eigenvalue weighted by atomic mass is 10.0. The summed E-state index contributed by atoms with van der Waals surface area (Å²) in [5.41, 5.74) is 6.26. The van der Waals surface area contributed by atoms with Crippen molar-refractivity contribution in [2.24, 2.45) is 5.73 Å². The third-order valence-corrected chi connectivity index (χ3v) is 4.32. The molecule has 1 atom stereocenters. The molecule has 2 N–H and O–H groups in total. The summed E-state index contributed by atoms with van der Waals surface area (Å²) in [6.45, 7) is 1.59. The molecule has 1 nitrogen and oxygen atoms in total. The van der Waals surface area contributed by atoms with Crippen LogP contribution >= 0.6 is 23.4 Å². The van der Waals surface area contributed by atoms with Gasteiger partial charge in [-0.3, -0.25) is 0 Å². The largest absolute Gasteiger partial charge is 0.323 e. The van der Waals surface area contributed by atoms with Crippen LogP contribution in [0.15, 0.2) is 41.3 Å². The Bertz CT molecular complexity index is 602. The van der Waals surface area contributed by atoms with Gasteiger partial charge in [0.15, 0.2) is 0 Å². The molecule has 0 fully saturated rings. The quantitative estimate of drug-likeness (QED) is 0.827. The highest BCUT2D eigenvalue weighted by molar-refractivity contribution is 7.99. The molecule has 0 bridgehead atoms. The maximum absolute atomic E-state index is 13.9. The van der Waals surface area contributed by atoms with E-state index in [-0.39, 0.29) is 5.56 Å². The smallest absolute Gasteiger partial charge is 0.133 e. The SMILES string of the molecule is Cc1ccc(F)c(C(N)CSc2ccc(Cl)cc2)c1F. The Labute approximate surface area is 126 Å². The molecule has 0 aliphatic heterocycles. The number of halogens is 3. The zero-order chi connectivity index (χ0) is 14.7. The van der Waals surface area contributed by atoms with Crippen molar-refractivity contribution in [3.63, 3.8) is 0 Å². The Morgan fingerprint density at radius 3 is 2.45 bits per heavy atom. The summed E-state index contributed by atoms with van der Waals surface area (Å²) in [6.07, 6.45) is 0. The summed E-state index contributed by atoms with van der Waals surface area (Å²) in [7, 11) is 0. The van der Waals surface area contributed by atoms with Crippen LogP contribution in [0.2, 0.25) is 5.02 Å². The Kier molecular flexibility index (Phi) is 5.02. The summed E-state index contributed by atoms with van der Waals surface area (Å²) < 4.78 is 27.7. The van der Waals surface area contributed by atoms with Crippen molar-refractivity contribution < 1.29 is 8.78 Å². The van der Waals surface area contributed by atoms with Gasteiger partial charge in [-0.1, -0.05) is 17.7 Å². The fourth-order valence-corrected chi connectivity index (χ4v) is 2.81. The molecule has 1 unspecified atom stereocenters. The van der Waals surface area contributed by atoms with E-state index >= 15 is 0 Å². The molecule has 0 amide bonds. The van der Waals surface area contributed by atoms with Crippen molar-refractivity contribution in [1.29, 1.82) is 0 Å². The molecule has 0 aliphatic rings. The molecule has 2 rings (SSSR count). The van der Waals surface area contributed by atoms with Crippen LogP contribution in [0, 0.1) is 18.6 Å². The standard InChI is InChI=1S/C15H14ClF2NS/c1-9-2-7-12(17)14(15(9)18)13(19)8-20-11-5-3-10(16)4-6-11/h2-7,13H,8,19H2,1H3. The van der Waals surface area contributed by atoms with E-state index in [0.29, 0.717) is 16.3 Å². The number of benzene rings is 2. The highest BCUT2D eigenvalue weighted by Crippen LogP contribution is 2.28. The second kappa shape index (κ2) is 6.57. The summed E-state index contributed by atoms with van der Waals surface area (Å²) >= 11 is 7.23. The summed E-state index contributed by atoms with van der Waals surface area (Å²) in [5, 5.41) is 0.648. The lowest BCUT2D eigenvalue weighted by Crippen LogP contribution is -2.17. The monoisotopic (exact) mass is 313 g/mol. The molecule has 20 heavy (non-hydrogen) atoms. The first-order valence-corrected chi connectivity index (χ1v) is 7.44. The van der Waals surface area contributed by atoms with Crippen molar-refractivity contribution in [2.45, 2.75) is 17.9 Å². The second-order valence-electron chi connectivity index (χ2n) is 4.46. The lowest BCUT2D eigenvalue weighted by Gasteiger charge is -2.15. The van der Waals surface area contributed by atoms with E-state index in [4.69, 9.17) is 17.3 Å². The number of nitrogens with two attached hydrogens (primary N) is 1. The summed E-state index contributed by atoms with van der Waals surface area (Å²) in [5.74, 6) is -0.773. The first-order valence-electron chi connectivity index (χ1n) is 6.07. The molecular formula is C15H14ClF2NS. The molecule has 0 heterocycles. The number of hydrogen-bond donors (Lipinski definition) is 1. The Balaban J connectivity index is 2.11. The molecule has 0 saturated carbocycles. The van der Waals surface area contributed by atoms with E-state index < -0.39 is 17.7 Å². The van der Waals surface area contributed by atoms with Crippen molar-refractivity contribution in [3.05, 3.63) is 64.2 Å². The van der Waals surface area contributed by atoms with E-state index in [1.807, 2.05) is 12.1 Å².